The Hall–Kier alpha value is -2.56. The molecule has 1 aliphatic heterocycles. The summed E-state index contributed by atoms with van der Waals surface area (Å²) in [5.41, 5.74) is 1.34. The third kappa shape index (κ3) is 4.54. The molecule has 0 atom stereocenters. The van der Waals surface area contributed by atoms with Crippen LogP contribution in [0.25, 0.3) is 0 Å². The van der Waals surface area contributed by atoms with Crippen molar-refractivity contribution in [3.63, 3.8) is 0 Å². The first kappa shape index (κ1) is 16.9. The summed E-state index contributed by atoms with van der Waals surface area (Å²) in [5.74, 6) is 2.89. The monoisotopic (exact) mass is 350 g/mol. The van der Waals surface area contributed by atoms with Crippen molar-refractivity contribution in [3.05, 3.63) is 84.3 Å². The fraction of sp³-hybridized carbons (Fsp3) is 0.273. The molecule has 1 saturated heterocycles. The van der Waals surface area contributed by atoms with E-state index in [1.807, 2.05) is 42.5 Å². The summed E-state index contributed by atoms with van der Waals surface area (Å²) in [7, 11) is 0. The Kier molecular flexibility index (Phi) is 5.33. The van der Waals surface area contributed by atoms with Crippen LogP contribution < -0.4 is 14.5 Å². The van der Waals surface area contributed by atoms with Crippen molar-refractivity contribution in [2.24, 2.45) is 0 Å². The van der Waals surface area contributed by atoms with Crippen molar-refractivity contribution >= 4 is 0 Å². The number of benzene rings is 2. The fourth-order valence-electron chi connectivity index (χ4n) is 3.60. The molecule has 1 fully saturated rings. The number of piperazine rings is 1. The largest absolute Gasteiger partial charge is 0.463 e. The molecule has 2 heterocycles. The van der Waals surface area contributed by atoms with E-state index in [4.69, 9.17) is 9.15 Å². The predicted molar refractivity (Wildman–Crippen MR) is 100 cm³/mol. The van der Waals surface area contributed by atoms with Gasteiger partial charge in [0, 0.05) is 5.56 Å². The van der Waals surface area contributed by atoms with Gasteiger partial charge >= 0.3 is 0 Å². The molecule has 4 heteroatoms. The maximum Gasteiger partial charge on any atom is 0.157 e. The van der Waals surface area contributed by atoms with E-state index in [0.717, 1.165) is 30.3 Å². The molecular formula is C22H26N2O2+2. The second-order valence-electron chi connectivity index (χ2n) is 7.00. The molecule has 0 aliphatic carbocycles. The molecule has 0 amide bonds. The standard InChI is InChI=1S/C22H24N2O2/c1-2-7-20(8-3-1)26-21-9-4-6-19(16-21)17-23-11-13-24(14-12-23)18-22-10-5-15-25-22/h1-10,15-16H,11-14,17-18H2/p+2. The van der Waals surface area contributed by atoms with E-state index in [1.54, 1.807) is 16.1 Å². The molecule has 4 nitrogen and oxygen atoms in total. The molecule has 0 spiro atoms. The molecule has 0 saturated carbocycles. The molecule has 134 valence electrons. The van der Waals surface area contributed by atoms with Gasteiger partial charge in [-0.3, -0.25) is 0 Å². The minimum Gasteiger partial charge on any atom is -0.463 e. The smallest absolute Gasteiger partial charge is 0.157 e. The van der Waals surface area contributed by atoms with Gasteiger partial charge < -0.3 is 19.0 Å². The third-order valence-corrected chi connectivity index (χ3v) is 5.00. The third-order valence-electron chi connectivity index (χ3n) is 5.00. The Morgan fingerprint density at radius 2 is 1.46 bits per heavy atom. The van der Waals surface area contributed by atoms with E-state index in [9.17, 15) is 0 Å². The van der Waals surface area contributed by atoms with Crippen LogP contribution in [0.3, 0.4) is 0 Å². The average Bonchev–Trinajstić information content (AvgIpc) is 3.18. The van der Waals surface area contributed by atoms with Gasteiger partial charge in [0.25, 0.3) is 0 Å². The maximum atomic E-state index is 5.96. The van der Waals surface area contributed by atoms with Crippen molar-refractivity contribution in [1.29, 1.82) is 0 Å². The lowest BCUT2D eigenvalue weighted by atomic mass is 10.2. The molecule has 0 radical (unpaired) electrons. The highest BCUT2D eigenvalue weighted by Gasteiger charge is 2.23. The second-order valence-corrected chi connectivity index (χ2v) is 7.00. The van der Waals surface area contributed by atoms with E-state index in [1.165, 1.54) is 31.7 Å². The predicted octanol–water partition coefficient (Wildman–Crippen LogP) is 1.56. The summed E-state index contributed by atoms with van der Waals surface area (Å²) < 4.78 is 11.4. The maximum absolute atomic E-state index is 5.96. The van der Waals surface area contributed by atoms with Gasteiger partial charge in [0.2, 0.25) is 0 Å². The number of quaternary nitrogens is 2. The second kappa shape index (κ2) is 8.21. The molecule has 2 aromatic carbocycles. The molecule has 4 rings (SSSR count). The molecule has 3 aromatic rings. The summed E-state index contributed by atoms with van der Waals surface area (Å²) in [5, 5.41) is 0. The number of ether oxygens (including phenoxy) is 1. The van der Waals surface area contributed by atoms with Crippen LogP contribution in [0.15, 0.2) is 77.4 Å². The highest BCUT2D eigenvalue weighted by Crippen LogP contribution is 2.21. The van der Waals surface area contributed by atoms with E-state index in [2.05, 4.69) is 24.3 Å². The topological polar surface area (TPSA) is 31.3 Å². The Labute approximate surface area is 154 Å². The summed E-state index contributed by atoms with van der Waals surface area (Å²) in [6.07, 6.45) is 1.76. The Bertz CT molecular complexity index is 794. The average molecular weight is 350 g/mol. The van der Waals surface area contributed by atoms with E-state index in [-0.39, 0.29) is 0 Å². The van der Waals surface area contributed by atoms with Gasteiger partial charge in [0.05, 0.1) is 6.26 Å². The molecular weight excluding hydrogens is 324 g/mol. The van der Waals surface area contributed by atoms with Gasteiger partial charge in [-0.15, -0.1) is 0 Å². The first-order chi connectivity index (χ1) is 12.8. The van der Waals surface area contributed by atoms with Crippen LogP contribution in [0.1, 0.15) is 11.3 Å². The van der Waals surface area contributed by atoms with Gasteiger partial charge in [-0.25, -0.2) is 0 Å². The highest BCUT2D eigenvalue weighted by atomic mass is 16.5. The number of rotatable bonds is 6. The lowest BCUT2D eigenvalue weighted by Gasteiger charge is -2.29. The summed E-state index contributed by atoms with van der Waals surface area (Å²) in [6, 6.07) is 22.5. The van der Waals surface area contributed by atoms with Crippen molar-refractivity contribution in [1.82, 2.24) is 0 Å². The zero-order chi connectivity index (χ0) is 17.6. The lowest BCUT2D eigenvalue weighted by molar-refractivity contribution is -1.02. The molecule has 1 aromatic heterocycles. The molecule has 1 aliphatic rings. The van der Waals surface area contributed by atoms with Crippen molar-refractivity contribution in [3.8, 4) is 11.5 Å². The van der Waals surface area contributed by atoms with Crippen molar-refractivity contribution < 1.29 is 19.0 Å². The number of para-hydroxylation sites is 1. The number of nitrogens with one attached hydrogen (secondary N) is 2. The van der Waals surface area contributed by atoms with Crippen molar-refractivity contribution in [2.45, 2.75) is 13.1 Å². The number of furan rings is 1. The first-order valence-corrected chi connectivity index (χ1v) is 9.36. The fourth-order valence-corrected chi connectivity index (χ4v) is 3.60. The van der Waals surface area contributed by atoms with E-state index < -0.39 is 0 Å². The minimum atomic E-state index is 0.882. The van der Waals surface area contributed by atoms with Crippen LogP contribution in [-0.2, 0) is 13.1 Å². The minimum absolute atomic E-state index is 0.882. The summed E-state index contributed by atoms with van der Waals surface area (Å²) in [6.45, 7) is 6.83. The molecule has 0 unspecified atom stereocenters. The summed E-state index contributed by atoms with van der Waals surface area (Å²) >= 11 is 0. The van der Waals surface area contributed by atoms with Gasteiger partial charge in [-0.1, -0.05) is 30.3 Å². The quantitative estimate of drug-likeness (QED) is 0.707. The zero-order valence-electron chi connectivity index (χ0n) is 15.0. The zero-order valence-corrected chi connectivity index (χ0v) is 15.0. The van der Waals surface area contributed by atoms with Gasteiger partial charge in [0.1, 0.15) is 50.8 Å². The van der Waals surface area contributed by atoms with E-state index in [0.29, 0.717) is 0 Å². The Morgan fingerprint density at radius 3 is 2.19 bits per heavy atom. The number of hydrogen-bond donors (Lipinski definition) is 2. The molecule has 26 heavy (non-hydrogen) atoms. The van der Waals surface area contributed by atoms with Crippen LogP contribution >= 0.6 is 0 Å². The SMILES string of the molecule is c1ccc(Oc2cccc(C[NH+]3CC[NH+](Cc4ccco4)CC3)c2)cc1. The van der Waals surface area contributed by atoms with Crippen LogP contribution in [0.2, 0.25) is 0 Å². The van der Waals surface area contributed by atoms with Crippen LogP contribution in [-0.4, -0.2) is 26.2 Å². The Balaban J connectivity index is 1.30. The van der Waals surface area contributed by atoms with E-state index >= 15 is 0 Å². The molecule has 2 N–H and O–H groups in total. The summed E-state index contributed by atoms with van der Waals surface area (Å²) in [4.78, 5) is 3.26. The van der Waals surface area contributed by atoms with Crippen LogP contribution in [0.5, 0.6) is 11.5 Å². The van der Waals surface area contributed by atoms with Gasteiger partial charge in [0.15, 0.2) is 5.76 Å². The Morgan fingerprint density at radius 1 is 0.731 bits per heavy atom. The first-order valence-electron chi connectivity index (χ1n) is 9.36. The van der Waals surface area contributed by atoms with Gasteiger partial charge in [-0.05, 0) is 36.4 Å². The highest BCUT2D eigenvalue weighted by molar-refractivity contribution is 5.33. The molecule has 0 bridgehead atoms. The van der Waals surface area contributed by atoms with Crippen molar-refractivity contribution in [2.75, 3.05) is 26.2 Å². The lowest BCUT2D eigenvalue weighted by Crippen LogP contribution is -3.27. The van der Waals surface area contributed by atoms with Crippen LogP contribution in [0, 0.1) is 0 Å². The normalized spacial score (nSPS) is 20.0. The number of hydrogen-bond acceptors (Lipinski definition) is 2. The van der Waals surface area contributed by atoms with Gasteiger partial charge in [-0.2, -0.15) is 0 Å². The van der Waals surface area contributed by atoms with Crippen LogP contribution in [0.4, 0.5) is 0 Å².